The van der Waals surface area contributed by atoms with Gasteiger partial charge in [0, 0.05) is 13.0 Å². The molecule has 5 nitrogen and oxygen atoms in total. The monoisotopic (exact) mass is 252 g/mol. The lowest BCUT2D eigenvalue weighted by molar-refractivity contribution is 0.123. The molecule has 1 heterocycles. The normalized spacial score (nSPS) is 16.1. The summed E-state index contributed by atoms with van der Waals surface area (Å²) in [5.74, 6) is 7.12. The number of hydrazine groups is 1. The lowest BCUT2D eigenvalue weighted by Gasteiger charge is -2.17. The molecule has 0 saturated carbocycles. The molecule has 0 bridgehead atoms. The van der Waals surface area contributed by atoms with Crippen LogP contribution in [0.25, 0.3) is 0 Å². The van der Waals surface area contributed by atoms with Crippen molar-refractivity contribution in [2.24, 2.45) is 5.84 Å². The van der Waals surface area contributed by atoms with Crippen LogP contribution in [0.2, 0.25) is 0 Å². The third-order valence-electron chi connectivity index (χ3n) is 2.86. The fourth-order valence-electron chi connectivity index (χ4n) is 1.87. The standard InChI is InChI=1S/C13H20N2O3/c1-2-16-9-11(15-14)10-4-5-12-13(8-10)18-7-3-6-17-12/h4-5,8,11,15H,2-3,6-7,9,14H2,1H3. The van der Waals surface area contributed by atoms with Gasteiger partial charge in [-0.2, -0.15) is 0 Å². The largest absolute Gasteiger partial charge is 0.490 e. The molecule has 1 unspecified atom stereocenters. The van der Waals surface area contributed by atoms with Crippen molar-refractivity contribution in [3.05, 3.63) is 23.8 Å². The van der Waals surface area contributed by atoms with E-state index in [-0.39, 0.29) is 6.04 Å². The van der Waals surface area contributed by atoms with Gasteiger partial charge in [-0.25, -0.2) is 0 Å². The van der Waals surface area contributed by atoms with E-state index in [4.69, 9.17) is 20.1 Å². The van der Waals surface area contributed by atoms with Crippen LogP contribution in [0.3, 0.4) is 0 Å². The molecule has 0 spiro atoms. The molecule has 5 heteroatoms. The van der Waals surface area contributed by atoms with Gasteiger partial charge in [-0.3, -0.25) is 11.3 Å². The van der Waals surface area contributed by atoms with Gasteiger partial charge in [-0.05, 0) is 24.6 Å². The molecule has 2 rings (SSSR count). The first-order valence-corrected chi connectivity index (χ1v) is 6.28. The maximum atomic E-state index is 5.65. The van der Waals surface area contributed by atoms with E-state index in [9.17, 15) is 0 Å². The minimum Gasteiger partial charge on any atom is -0.490 e. The fraction of sp³-hybridized carbons (Fsp3) is 0.538. The number of nitrogens with one attached hydrogen (secondary N) is 1. The van der Waals surface area contributed by atoms with Gasteiger partial charge < -0.3 is 14.2 Å². The highest BCUT2D eigenvalue weighted by atomic mass is 16.5. The first kappa shape index (κ1) is 13.1. The topological polar surface area (TPSA) is 65.7 Å². The molecule has 1 aromatic rings. The molecule has 0 aromatic heterocycles. The van der Waals surface area contributed by atoms with Crippen LogP contribution in [-0.2, 0) is 4.74 Å². The fourth-order valence-corrected chi connectivity index (χ4v) is 1.87. The maximum Gasteiger partial charge on any atom is 0.161 e. The third kappa shape index (κ3) is 3.13. The average Bonchev–Trinajstić information content (AvgIpc) is 2.64. The van der Waals surface area contributed by atoms with Crippen LogP contribution >= 0.6 is 0 Å². The number of hydrogen-bond donors (Lipinski definition) is 2. The van der Waals surface area contributed by atoms with Gasteiger partial charge in [0.25, 0.3) is 0 Å². The van der Waals surface area contributed by atoms with Gasteiger partial charge in [0.05, 0.1) is 25.9 Å². The molecular formula is C13H20N2O3. The third-order valence-corrected chi connectivity index (χ3v) is 2.86. The molecule has 0 saturated heterocycles. The molecule has 0 aliphatic carbocycles. The van der Waals surface area contributed by atoms with Crippen LogP contribution < -0.4 is 20.7 Å². The zero-order valence-electron chi connectivity index (χ0n) is 10.6. The summed E-state index contributed by atoms with van der Waals surface area (Å²) in [4.78, 5) is 0. The Bertz CT molecular complexity index is 384. The van der Waals surface area contributed by atoms with Crippen molar-refractivity contribution < 1.29 is 14.2 Å². The summed E-state index contributed by atoms with van der Waals surface area (Å²) in [6.45, 7) is 4.55. The maximum absolute atomic E-state index is 5.65. The quantitative estimate of drug-likeness (QED) is 0.612. The van der Waals surface area contributed by atoms with Gasteiger partial charge >= 0.3 is 0 Å². The van der Waals surface area contributed by atoms with E-state index in [1.165, 1.54) is 0 Å². The second-order valence-electron chi connectivity index (χ2n) is 4.14. The predicted octanol–water partition coefficient (Wildman–Crippen LogP) is 1.39. The Hall–Kier alpha value is -1.30. The van der Waals surface area contributed by atoms with E-state index < -0.39 is 0 Å². The molecule has 1 atom stereocenters. The van der Waals surface area contributed by atoms with Crippen LogP contribution in [0.5, 0.6) is 11.5 Å². The average molecular weight is 252 g/mol. The van der Waals surface area contributed by atoms with Gasteiger partial charge in [0.2, 0.25) is 0 Å². The van der Waals surface area contributed by atoms with Crippen molar-refractivity contribution in [1.29, 1.82) is 0 Å². The Kier molecular flexibility index (Phi) is 4.81. The summed E-state index contributed by atoms with van der Waals surface area (Å²) in [5.41, 5.74) is 3.79. The zero-order valence-corrected chi connectivity index (χ0v) is 10.6. The van der Waals surface area contributed by atoms with Crippen molar-refractivity contribution in [2.45, 2.75) is 19.4 Å². The highest BCUT2D eigenvalue weighted by molar-refractivity contribution is 5.44. The lowest BCUT2D eigenvalue weighted by Crippen LogP contribution is -2.31. The minimum atomic E-state index is -0.0397. The van der Waals surface area contributed by atoms with E-state index >= 15 is 0 Å². The second-order valence-corrected chi connectivity index (χ2v) is 4.14. The lowest BCUT2D eigenvalue weighted by atomic mass is 10.1. The highest BCUT2D eigenvalue weighted by Gasteiger charge is 2.15. The Balaban J connectivity index is 2.15. The zero-order chi connectivity index (χ0) is 12.8. The number of fused-ring (bicyclic) bond motifs is 1. The van der Waals surface area contributed by atoms with Crippen LogP contribution in [0.15, 0.2) is 18.2 Å². The Labute approximate surface area is 107 Å². The number of rotatable bonds is 5. The number of hydrogen-bond acceptors (Lipinski definition) is 5. The van der Waals surface area contributed by atoms with E-state index in [0.29, 0.717) is 26.4 Å². The van der Waals surface area contributed by atoms with Gasteiger partial charge in [-0.1, -0.05) is 6.07 Å². The molecule has 1 aromatic carbocycles. The van der Waals surface area contributed by atoms with Gasteiger partial charge in [-0.15, -0.1) is 0 Å². The van der Waals surface area contributed by atoms with Crippen molar-refractivity contribution in [1.82, 2.24) is 5.43 Å². The van der Waals surface area contributed by atoms with Crippen molar-refractivity contribution in [3.8, 4) is 11.5 Å². The summed E-state index contributed by atoms with van der Waals surface area (Å²) in [6.07, 6.45) is 0.904. The van der Waals surface area contributed by atoms with E-state index in [0.717, 1.165) is 23.5 Å². The molecule has 1 aliphatic rings. The Morgan fingerprint density at radius 2 is 2.11 bits per heavy atom. The number of ether oxygens (including phenoxy) is 3. The smallest absolute Gasteiger partial charge is 0.161 e. The molecule has 0 fully saturated rings. The number of benzene rings is 1. The van der Waals surface area contributed by atoms with Crippen LogP contribution in [0.1, 0.15) is 24.9 Å². The molecule has 0 amide bonds. The molecular weight excluding hydrogens is 232 g/mol. The molecule has 18 heavy (non-hydrogen) atoms. The molecule has 0 radical (unpaired) electrons. The number of nitrogens with two attached hydrogens (primary N) is 1. The second kappa shape index (κ2) is 6.58. The Morgan fingerprint density at radius 3 is 2.83 bits per heavy atom. The molecule has 1 aliphatic heterocycles. The van der Waals surface area contributed by atoms with Crippen molar-refractivity contribution >= 4 is 0 Å². The molecule has 3 N–H and O–H groups in total. The SMILES string of the molecule is CCOCC(NN)c1ccc2c(c1)OCCCO2. The van der Waals surface area contributed by atoms with Crippen LogP contribution in [0.4, 0.5) is 0 Å². The summed E-state index contributed by atoms with van der Waals surface area (Å²) in [6, 6.07) is 5.83. The van der Waals surface area contributed by atoms with Crippen molar-refractivity contribution in [3.63, 3.8) is 0 Å². The van der Waals surface area contributed by atoms with E-state index in [1.807, 2.05) is 25.1 Å². The summed E-state index contributed by atoms with van der Waals surface area (Å²) >= 11 is 0. The molecule has 100 valence electrons. The summed E-state index contributed by atoms with van der Waals surface area (Å²) in [5, 5.41) is 0. The highest BCUT2D eigenvalue weighted by Crippen LogP contribution is 2.32. The van der Waals surface area contributed by atoms with Crippen LogP contribution in [-0.4, -0.2) is 26.4 Å². The van der Waals surface area contributed by atoms with Crippen molar-refractivity contribution in [2.75, 3.05) is 26.4 Å². The summed E-state index contributed by atoms with van der Waals surface area (Å²) < 4.78 is 16.6. The first-order chi connectivity index (χ1) is 8.85. The Morgan fingerprint density at radius 1 is 1.33 bits per heavy atom. The van der Waals surface area contributed by atoms with E-state index in [1.54, 1.807) is 0 Å². The predicted molar refractivity (Wildman–Crippen MR) is 68.6 cm³/mol. The van der Waals surface area contributed by atoms with E-state index in [2.05, 4.69) is 5.43 Å². The minimum absolute atomic E-state index is 0.0397. The summed E-state index contributed by atoms with van der Waals surface area (Å²) in [7, 11) is 0. The first-order valence-electron chi connectivity index (χ1n) is 6.28. The van der Waals surface area contributed by atoms with Crippen LogP contribution in [0, 0.1) is 0 Å². The van der Waals surface area contributed by atoms with Gasteiger partial charge in [0.15, 0.2) is 11.5 Å². The van der Waals surface area contributed by atoms with Gasteiger partial charge in [0.1, 0.15) is 0 Å².